The summed E-state index contributed by atoms with van der Waals surface area (Å²) < 4.78 is 96.6. The van der Waals surface area contributed by atoms with Crippen LogP contribution in [-0.4, -0.2) is 13.2 Å². The molecule has 0 N–H and O–H groups in total. The number of ether oxygens (including phenoxy) is 2. The molecule has 2 aliphatic rings. The fourth-order valence-corrected chi connectivity index (χ4v) is 8.26. The van der Waals surface area contributed by atoms with E-state index in [1.807, 2.05) is 12.1 Å². The lowest BCUT2D eigenvalue weighted by atomic mass is 9.77. The Labute approximate surface area is 323 Å². The summed E-state index contributed by atoms with van der Waals surface area (Å²) in [6, 6.07) is 15.3. The molecule has 298 valence electrons. The molecule has 4 aromatic carbocycles. The molecular formula is C47H56F6O2. The van der Waals surface area contributed by atoms with Gasteiger partial charge in [-0.2, -0.15) is 8.78 Å². The van der Waals surface area contributed by atoms with Gasteiger partial charge < -0.3 is 9.47 Å². The summed E-state index contributed by atoms with van der Waals surface area (Å²) in [5.41, 5.74) is 1.92. The van der Waals surface area contributed by atoms with Crippen molar-refractivity contribution in [3.63, 3.8) is 0 Å². The van der Waals surface area contributed by atoms with E-state index in [1.165, 1.54) is 81.3 Å². The van der Waals surface area contributed by atoms with Gasteiger partial charge in [-0.1, -0.05) is 83.1 Å². The van der Waals surface area contributed by atoms with Gasteiger partial charge in [-0.3, -0.25) is 0 Å². The van der Waals surface area contributed by atoms with Crippen LogP contribution in [0.4, 0.5) is 26.3 Å². The Balaban J connectivity index is 0.000000214. The summed E-state index contributed by atoms with van der Waals surface area (Å²) in [6.45, 7) is 8.33. The second-order valence-corrected chi connectivity index (χ2v) is 15.3. The summed E-state index contributed by atoms with van der Waals surface area (Å²) in [5.74, 6) is -3.41. The van der Waals surface area contributed by atoms with Crippen molar-refractivity contribution in [1.29, 1.82) is 0 Å². The third kappa shape index (κ3) is 10.7. The van der Waals surface area contributed by atoms with Gasteiger partial charge in [-0.15, -0.1) is 0 Å². The van der Waals surface area contributed by atoms with E-state index >= 15 is 0 Å². The number of rotatable bonds is 13. The van der Waals surface area contributed by atoms with Crippen molar-refractivity contribution in [3.8, 4) is 33.8 Å². The van der Waals surface area contributed by atoms with E-state index < -0.39 is 34.9 Å². The van der Waals surface area contributed by atoms with Gasteiger partial charge in [0, 0.05) is 22.3 Å². The van der Waals surface area contributed by atoms with Gasteiger partial charge in [0.1, 0.15) is 11.6 Å². The average molecular weight is 767 g/mol. The van der Waals surface area contributed by atoms with Crippen molar-refractivity contribution in [1.82, 2.24) is 0 Å². The molecule has 2 fully saturated rings. The molecule has 0 atom stereocenters. The SMILES string of the molecule is CCCCCCC1CCC(c2ccc(-c3ccc(OCC)c(F)c3F)c(F)c2)CC1.CCOc1ccc(-c2ccc(C3CCC(C)CC3)cc2F)c(F)c1F. The zero-order chi connectivity index (χ0) is 39.5. The van der Waals surface area contributed by atoms with Crippen LogP contribution in [0.3, 0.4) is 0 Å². The number of hydrogen-bond acceptors (Lipinski definition) is 2. The molecule has 0 spiro atoms. The van der Waals surface area contributed by atoms with Gasteiger partial charge in [-0.05, 0) is 124 Å². The molecule has 0 amide bonds. The van der Waals surface area contributed by atoms with Crippen molar-refractivity contribution in [2.45, 2.75) is 123 Å². The fourth-order valence-electron chi connectivity index (χ4n) is 8.26. The summed E-state index contributed by atoms with van der Waals surface area (Å²) in [4.78, 5) is 0. The highest BCUT2D eigenvalue weighted by molar-refractivity contribution is 5.67. The van der Waals surface area contributed by atoms with Crippen molar-refractivity contribution in [2.24, 2.45) is 11.8 Å². The Morgan fingerprint density at radius 3 is 1.35 bits per heavy atom. The smallest absolute Gasteiger partial charge is 0.201 e. The fraction of sp³-hybridized carbons (Fsp3) is 0.489. The molecular weight excluding hydrogens is 711 g/mol. The standard InChI is InChI=1S/C26H33F3O.C21H23F3O/c1-3-5-6-7-8-18-9-11-19(12-10-18)20-13-14-21(23(27)17-20)22-15-16-24(30-4-2)26(29)25(22)28;1-3-25-19-11-10-17(20(23)21(19)24)16-9-8-15(12-18(16)22)14-6-4-13(2)5-7-14/h13-19H,3-12H2,1-2H3;8-14H,3-7H2,1-2H3. The van der Waals surface area contributed by atoms with Crippen LogP contribution >= 0.6 is 0 Å². The third-order valence-electron chi connectivity index (χ3n) is 11.5. The van der Waals surface area contributed by atoms with Gasteiger partial charge in [0.25, 0.3) is 0 Å². The second kappa shape index (κ2) is 20.3. The Bertz CT molecular complexity index is 1840. The second-order valence-electron chi connectivity index (χ2n) is 15.3. The first-order valence-corrected chi connectivity index (χ1v) is 20.4. The van der Waals surface area contributed by atoms with Gasteiger partial charge >= 0.3 is 0 Å². The van der Waals surface area contributed by atoms with E-state index in [0.717, 1.165) is 61.5 Å². The van der Waals surface area contributed by atoms with Crippen LogP contribution in [0, 0.1) is 46.7 Å². The molecule has 0 heterocycles. The van der Waals surface area contributed by atoms with E-state index in [1.54, 1.807) is 26.0 Å². The first-order valence-electron chi connectivity index (χ1n) is 20.4. The van der Waals surface area contributed by atoms with Crippen LogP contribution in [0.5, 0.6) is 11.5 Å². The van der Waals surface area contributed by atoms with Crippen LogP contribution < -0.4 is 9.47 Å². The number of hydrogen-bond donors (Lipinski definition) is 0. The largest absolute Gasteiger partial charge is 0.491 e. The Morgan fingerprint density at radius 2 is 0.927 bits per heavy atom. The van der Waals surface area contributed by atoms with Crippen LogP contribution in [-0.2, 0) is 0 Å². The molecule has 0 saturated heterocycles. The van der Waals surface area contributed by atoms with E-state index in [4.69, 9.17) is 9.47 Å². The topological polar surface area (TPSA) is 18.5 Å². The minimum absolute atomic E-state index is 0.0733. The van der Waals surface area contributed by atoms with Crippen LogP contribution in [0.2, 0.25) is 0 Å². The molecule has 0 unspecified atom stereocenters. The van der Waals surface area contributed by atoms with Gasteiger partial charge in [0.15, 0.2) is 23.1 Å². The first-order chi connectivity index (χ1) is 26.6. The number of unbranched alkanes of at least 4 members (excludes halogenated alkanes) is 3. The van der Waals surface area contributed by atoms with E-state index in [2.05, 4.69) is 13.8 Å². The molecule has 0 aromatic heterocycles. The molecule has 8 heteroatoms. The van der Waals surface area contributed by atoms with Gasteiger partial charge in [-0.25, -0.2) is 17.6 Å². The van der Waals surface area contributed by atoms with Crippen molar-refractivity contribution in [3.05, 3.63) is 107 Å². The Morgan fingerprint density at radius 1 is 0.491 bits per heavy atom. The van der Waals surface area contributed by atoms with Crippen molar-refractivity contribution >= 4 is 0 Å². The Hall–Kier alpha value is -3.94. The monoisotopic (exact) mass is 766 g/mol. The maximum atomic E-state index is 14.8. The normalized spacial score (nSPS) is 19.7. The van der Waals surface area contributed by atoms with Crippen LogP contribution in [0.1, 0.15) is 134 Å². The number of benzene rings is 4. The highest BCUT2D eigenvalue weighted by Gasteiger charge is 2.25. The zero-order valence-electron chi connectivity index (χ0n) is 32.8. The summed E-state index contributed by atoms with van der Waals surface area (Å²) in [6.07, 6.45) is 15.5. The summed E-state index contributed by atoms with van der Waals surface area (Å²) >= 11 is 0. The molecule has 0 aliphatic heterocycles. The Kier molecular flexibility index (Phi) is 15.6. The predicted molar refractivity (Wildman–Crippen MR) is 210 cm³/mol. The maximum Gasteiger partial charge on any atom is 0.201 e. The summed E-state index contributed by atoms with van der Waals surface area (Å²) in [7, 11) is 0. The third-order valence-corrected chi connectivity index (χ3v) is 11.5. The zero-order valence-corrected chi connectivity index (χ0v) is 32.8. The first kappa shape index (κ1) is 42.2. The lowest BCUT2D eigenvalue weighted by Crippen LogP contribution is -2.13. The minimum Gasteiger partial charge on any atom is -0.491 e. The molecule has 0 bridgehead atoms. The molecule has 2 saturated carbocycles. The van der Waals surface area contributed by atoms with Crippen LogP contribution in [0.25, 0.3) is 22.3 Å². The summed E-state index contributed by atoms with van der Waals surface area (Å²) in [5, 5.41) is 0. The molecule has 2 aliphatic carbocycles. The predicted octanol–water partition coefficient (Wildman–Crippen LogP) is 14.9. The quantitative estimate of drug-likeness (QED) is 0.0997. The molecule has 4 aromatic rings. The van der Waals surface area contributed by atoms with Gasteiger partial charge in [0.05, 0.1) is 13.2 Å². The van der Waals surface area contributed by atoms with E-state index in [9.17, 15) is 26.3 Å². The molecule has 6 rings (SSSR count). The maximum absolute atomic E-state index is 14.8. The highest BCUT2D eigenvalue weighted by atomic mass is 19.2. The average Bonchev–Trinajstić information content (AvgIpc) is 3.19. The van der Waals surface area contributed by atoms with E-state index in [0.29, 0.717) is 11.8 Å². The molecule has 0 radical (unpaired) electrons. The van der Waals surface area contributed by atoms with Crippen molar-refractivity contribution in [2.75, 3.05) is 13.2 Å². The molecule has 2 nitrogen and oxygen atoms in total. The van der Waals surface area contributed by atoms with E-state index in [-0.39, 0.29) is 47.0 Å². The minimum atomic E-state index is -1.08. The lowest BCUT2D eigenvalue weighted by molar-refractivity contribution is 0.302. The lowest BCUT2D eigenvalue weighted by Gasteiger charge is -2.29. The highest BCUT2D eigenvalue weighted by Crippen LogP contribution is 2.41. The number of halogens is 6. The molecule has 55 heavy (non-hydrogen) atoms. The van der Waals surface area contributed by atoms with Crippen molar-refractivity contribution < 1.29 is 35.8 Å². The van der Waals surface area contributed by atoms with Crippen LogP contribution in [0.15, 0.2) is 60.7 Å². The van der Waals surface area contributed by atoms with Gasteiger partial charge in [0.2, 0.25) is 11.6 Å².